The lowest BCUT2D eigenvalue weighted by Crippen LogP contribution is -2.38. The average Bonchev–Trinajstić information content (AvgIpc) is 2.48. The molecule has 21 heavy (non-hydrogen) atoms. The van der Waals surface area contributed by atoms with Crippen LogP contribution in [0.4, 0.5) is 5.69 Å². The van der Waals surface area contributed by atoms with Gasteiger partial charge >= 0.3 is 5.97 Å². The topological polar surface area (TPSA) is 78.4 Å². The van der Waals surface area contributed by atoms with E-state index in [2.05, 4.69) is 10.6 Å². The second-order valence-corrected chi connectivity index (χ2v) is 4.98. The smallest absolute Gasteiger partial charge is 0.335 e. The molecule has 1 amide bonds. The van der Waals surface area contributed by atoms with E-state index in [1.54, 1.807) is 18.2 Å². The Hall–Kier alpha value is -2.82. The van der Waals surface area contributed by atoms with Crippen molar-refractivity contribution in [1.82, 2.24) is 5.32 Å². The van der Waals surface area contributed by atoms with Gasteiger partial charge in [0.1, 0.15) is 6.17 Å². The van der Waals surface area contributed by atoms with E-state index >= 15 is 0 Å². The van der Waals surface area contributed by atoms with E-state index in [0.717, 1.165) is 16.8 Å². The van der Waals surface area contributed by atoms with Crippen LogP contribution in [0.1, 0.15) is 38.0 Å². The number of nitrogens with one attached hydrogen (secondary N) is 2. The molecule has 0 saturated carbocycles. The number of carbonyl (C=O) groups excluding carboxylic acids is 1. The molecule has 1 heterocycles. The number of aryl methyl sites for hydroxylation is 1. The first-order chi connectivity index (χ1) is 10.1. The quantitative estimate of drug-likeness (QED) is 0.791. The molecule has 1 aliphatic rings. The third-order valence-corrected chi connectivity index (χ3v) is 3.57. The maximum atomic E-state index is 12.2. The molecule has 0 aromatic heterocycles. The van der Waals surface area contributed by atoms with Crippen molar-refractivity contribution in [3.8, 4) is 0 Å². The number of para-hydroxylation sites is 1. The highest BCUT2D eigenvalue weighted by Crippen LogP contribution is 2.29. The van der Waals surface area contributed by atoms with Gasteiger partial charge in [-0.1, -0.05) is 24.3 Å². The van der Waals surface area contributed by atoms with Crippen LogP contribution in [0, 0.1) is 6.92 Å². The molecule has 0 spiro atoms. The Bertz CT molecular complexity index is 723. The summed E-state index contributed by atoms with van der Waals surface area (Å²) in [6.45, 7) is 1.94. The normalized spacial score (nSPS) is 16.6. The first kappa shape index (κ1) is 13.2. The summed E-state index contributed by atoms with van der Waals surface area (Å²) >= 11 is 0. The van der Waals surface area contributed by atoms with Gasteiger partial charge in [0.15, 0.2) is 0 Å². The molecule has 5 nitrogen and oxygen atoms in total. The number of fused-ring (bicyclic) bond motifs is 1. The summed E-state index contributed by atoms with van der Waals surface area (Å²) < 4.78 is 0. The van der Waals surface area contributed by atoms with Crippen molar-refractivity contribution in [2.75, 3.05) is 5.32 Å². The van der Waals surface area contributed by atoms with Crippen LogP contribution in [0.25, 0.3) is 0 Å². The van der Waals surface area contributed by atoms with Crippen LogP contribution in [0.5, 0.6) is 0 Å². The molecule has 2 aromatic carbocycles. The molecule has 1 atom stereocenters. The van der Waals surface area contributed by atoms with E-state index in [-0.39, 0.29) is 17.6 Å². The Morgan fingerprint density at radius 2 is 1.81 bits per heavy atom. The van der Waals surface area contributed by atoms with E-state index in [0.29, 0.717) is 5.56 Å². The van der Waals surface area contributed by atoms with Crippen LogP contribution >= 0.6 is 0 Å². The van der Waals surface area contributed by atoms with E-state index in [1.807, 2.05) is 19.1 Å². The SMILES string of the molecule is Cc1cccc2c1N[C@H](c1ccc(C(=O)O)cc1)NC2=O. The Kier molecular flexibility index (Phi) is 3.10. The van der Waals surface area contributed by atoms with Crippen molar-refractivity contribution in [1.29, 1.82) is 0 Å². The van der Waals surface area contributed by atoms with Gasteiger partial charge in [-0.05, 0) is 36.2 Å². The number of hydrogen-bond acceptors (Lipinski definition) is 3. The first-order valence-corrected chi connectivity index (χ1v) is 6.56. The molecule has 1 aliphatic heterocycles. The van der Waals surface area contributed by atoms with Gasteiger partial charge in [0.2, 0.25) is 0 Å². The monoisotopic (exact) mass is 282 g/mol. The number of hydrogen-bond donors (Lipinski definition) is 3. The summed E-state index contributed by atoms with van der Waals surface area (Å²) in [4.78, 5) is 23.0. The fourth-order valence-electron chi connectivity index (χ4n) is 2.42. The van der Waals surface area contributed by atoms with Crippen LogP contribution in [0.2, 0.25) is 0 Å². The van der Waals surface area contributed by atoms with Crippen molar-refractivity contribution in [3.05, 3.63) is 64.7 Å². The Morgan fingerprint density at radius 3 is 2.48 bits per heavy atom. The predicted octanol–water partition coefficient (Wildman–Crippen LogP) is 2.55. The minimum absolute atomic E-state index is 0.139. The second kappa shape index (κ2) is 4.94. The number of rotatable bonds is 2. The summed E-state index contributed by atoms with van der Waals surface area (Å²) in [5, 5.41) is 15.1. The average molecular weight is 282 g/mol. The molecule has 0 saturated heterocycles. The van der Waals surface area contributed by atoms with Gasteiger partial charge in [-0.3, -0.25) is 4.79 Å². The van der Waals surface area contributed by atoms with Gasteiger partial charge < -0.3 is 15.7 Å². The molecular formula is C16H14N2O3. The molecule has 3 N–H and O–H groups in total. The van der Waals surface area contributed by atoms with E-state index in [1.165, 1.54) is 12.1 Å². The van der Waals surface area contributed by atoms with Gasteiger partial charge in [0.25, 0.3) is 5.91 Å². The highest BCUT2D eigenvalue weighted by molar-refractivity contribution is 6.02. The molecule has 0 unspecified atom stereocenters. The van der Waals surface area contributed by atoms with Crippen LogP contribution < -0.4 is 10.6 Å². The lowest BCUT2D eigenvalue weighted by atomic mass is 10.0. The molecule has 3 rings (SSSR count). The summed E-state index contributed by atoms with van der Waals surface area (Å²) in [6.07, 6.45) is -0.367. The van der Waals surface area contributed by atoms with Crippen LogP contribution in [0.15, 0.2) is 42.5 Å². The molecule has 106 valence electrons. The summed E-state index contributed by atoms with van der Waals surface area (Å²) in [7, 11) is 0. The number of carbonyl (C=O) groups is 2. The van der Waals surface area contributed by atoms with E-state index in [9.17, 15) is 9.59 Å². The third-order valence-electron chi connectivity index (χ3n) is 3.57. The Morgan fingerprint density at radius 1 is 1.10 bits per heavy atom. The number of amides is 1. The van der Waals surface area contributed by atoms with Crippen molar-refractivity contribution < 1.29 is 14.7 Å². The first-order valence-electron chi connectivity index (χ1n) is 6.56. The number of carboxylic acids is 1. The van der Waals surface area contributed by atoms with E-state index in [4.69, 9.17) is 5.11 Å². The van der Waals surface area contributed by atoms with E-state index < -0.39 is 5.97 Å². The fourth-order valence-corrected chi connectivity index (χ4v) is 2.42. The van der Waals surface area contributed by atoms with Crippen LogP contribution in [0.3, 0.4) is 0 Å². The van der Waals surface area contributed by atoms with Gasteiger partial charge in [-0.15, -0.1) is 0 Å². The summed E-state index contributed by atoms with van der Waals surface area (Å²) in [5.74, 6) is -1.11. The molecule has 0 bridgehead atoms. The number of anilines is 1. The molecule has 5 heteroatoms. The molecule has 0 aliphatic carbocycles. The van der Waals surface area contributed by atoms with Gasteiger partial charge in [-0.2, -0.15) is 0 Å². The minimum Gasteiger partial charge on any atom is -0.478 e. The van der Waals surface area contributed by atoms with Crippen molar-refractivity contribution in [2.24, 2.45) is 0 Å². The number of carboxylic acid groups (broad SMARTS) is 1. The number of aromatic carboxylic acids is 1. The maximum Gasteiger partial charge on any atom is 0.335 e. The highest BCUT2D eigenvalue weighted by atomic mass is 16.4. The van der Waals surface area contributed by atoms with Gasteiger partial charge in [0, 0.05) is 0 Å². The summed E-state index contributed by atoms with van der Waals surface area (Å²) in [5.41, 5.74) is 3.45. The van der Waals surface area contributed by atoms with Gasteiger partial charge in [-0.25, -0.2) is 4.79 Å². The summed E-state index contributed by atoms with van der Waals surface area (Å²) in [6, 6.07) is 12.0. The largest absolute Gasteiger partial charge is 0.478 e. The zero-order valence-electron chi connectivity index (χ0n) is 11.4. The molecule has 0 fully saturated rings. The Balaban J connectivity index is 1.93. The molecular weight excluding hydrogens is 268 g/mol. The van der Waals surface area contributed by atoms with Crippen molar-refractivity contribution in [3.63, 3.8) is 0 Å². The standard InChI is InChI=1S/C16H14N2O3/c1-9-3-2-4-12-13(9)17-14(18-15(12)19)10-5-7-11(8-6-10)16(20)21/h2-8,14,17H,1H3,(H,18,19)(H,20,21)/t14-/m0/s1. The van der Waals surface area contributed by atoms with Crippen LogP contribution in [-0.2, 0) is 0 Å². The second-order valence-electron chi connectivity index (χ2n) is 4.98. The number of benzene rings is 2. The van der Waals surface area contributed by atoms with Crippen molar-refractivity contribution >= 4 is 17.6 Å². The maximum absolute atomic E-state index is 12.2. The van der Waals surface area contributed by atoms with Crippen molar-refractivity contribution in [2.45, 2.75) is 13.1 Å². The lowest BCUT2D eigenvalue weighted by molar-refractivity contribution is 0.0696. The Labute approximate surface area is 121 Å². The lowest BCUT2D eigenvalue weighted by Gasteiger charge is -2.29. The fraction of sp³-hybridized carbons (Fsp3) is 0.125. The third kappa shape index (κ3) is 2.33. The van der Waals surface area contributed by atoms with Gasteiger partial charge in [0.05, 0.1) is 16.8 Å². The highest BCUT2D eigenvalue weighted by Gasteiger charge is 2.25. The molecule has 0 radical (unpaired) electrons. The predicted molar refractivity (Wildman–Crippen MR) is 78.4 cm³/mol. The van der Waals surface area contributed by atoms with Crippen LogP contribution in [-0.4, -0.2) is 17.0 Å². The zero-order chi connectivity index (χ0) is 15.0. The minimum atomic E-state index is -0.969. The molecule has 2 aromatic rings. The zero-order valence-corrected chi connectivity index (χ0v) is 11.4.